The average molecular weight is 373 g/mol. The molecule has 0 radical (unpaired) electrons. The molecule has 0 N–H and O–H groups in total. The fourth-order valence-corrected chi connectivity index (χ4v) is 2.66. The second-order valence-electron chi connectivity index (χ2n) is 5.66. The van der Waals surface area contributed by atoms with E-state index in [-0.39, 0.29) is 11.4 Å². The van der Waals surface area contributed by atoms with E-state index in [2.05, 4.69) is 4.98 Å². The van der Waals surface area contributed by atoms with Gasteiger partial charge in [0.15, 0.2) is 0 Å². The first kappa shape index (κ1) is 17.6. The van der Waals surface area contributed by atoms with Crippen LogP contribution < -0.4 is 0 Å². The van der Waals surface area contributed by atoms with Gasteiger partial charge in [0, 0.05) is 30.6 Å². The SMILES string of the molecule is CC(=Cc1nc2cc([N+](=O)[O-])ccc2n1Cc1ccc(Cl)cc1)[N+](=O)[O-]. The maximum absolute atomic E-state index is 11.0. The molecule has 3 rings (SSSR count). The van der Waals surface area contributed by atoms with Gasteiger partial charge in [-0.2, -0.15) is 0 Å². The molecule has 0 saturated carbocycles. The number of allylic oxidation sites excluding steroid dienone is 1. The fraction of sp³-hybridized carbons (Fsp3) is 0.118. The van der Waals surface area contributed by atoms with Crippen molar-refractivity contribution in [2.75, 3.05) is 0 Å². The molecule has 0 aliphatic carbocycles. The molecular weight excluding hydrogens is 360 g/mol. The summed E-state index contributed by atoms with van der Waals surface area (Å²) in [5.41, 5.74) is 1.80. The van der Waals surface area contributed by atoms with Crippen molar-refractivity contribution < 1.29 is 9.85 Å². The number of fused-ring (bicyclic) bond motifs is 1. The van der Waals surface area contributed by atoms with Crippen LogP contribution in [0.3, 0.4) is 0 Å². The highest BCUT2D eigenvalue weighted by Crippen LogP contribution is 2.24. The molecular formula is C17H13ClN4O4. The van der Waals surface area contributed by atoms with Crippen LogP contribution in [0.2, 0.25) is 5.02 Å². The second-order valence-corrected chi connectivity index (χ2v) is 6.09. The molecule has 0 bridgehead atoms. The summed E-state index contributed by atoms with van der Waals surface area (Å²) in [7, 11) is 0. The maximum Gasteiger partial charge on any atom is 0.271 e. The van der Waals surface area contributed by atoms with E-state index in [1.54, 1.807) is 22.8 Å². The highest BCUT2D eigenvalue weighted by molar-refractivity contribution is 6.30. The van der Waals surface area contributed by atoms with E-state index in [1.807, 2.05) is 12.1 Å². The Kier molecular flexibility index (Phi) is 4.68. The minimum Gasteiger partial charge on any atom is -0.320 e. The summed E-state index contributed by atoms with van der Waals surface area (Å²) in [5.74, 6) is 0.352. The molecule has 0 fully saturated rings. The number of halogens is 1. The van der Waals surface area contributed by atoms with Crippen LogP contribution in [-0.4, -0.2) is 19.4 Å². The topological polar surface area (TPSA) is 104 Å². The lowest BCUT2D eigenvalue weighted by atomic mass is 10.2. The first-order valence-electron chi connectivity index (χ1n) is 7.57. The molecule has 0 saturated heterocycles. The molecule has 0 atom stereocenters. The summed E-state index contributed by atoms with van der Waals surface area (Å²) in [6, 6.07) is 11.5. The quantitative estimate of drug-likeness (QED) is 0.491. The van der Waals surface area contributed by atoms with E-state index in [4.69, 9.17) is 11.6 Å². The van der Waals surface area contributed by atoms with E-state index in [1.165, 1.54) is 25.1 Å². The Bertz CT molecular complexity index is 1040. The summed E-state index contributed by atoms with van der Waals surface area (Å²) in [6.45, 7) is 1.76. The number of non-ortho nitro benzene ring substituents is 1. The smallest absolute Gasteiger partial charge is 0.271 e. The van der Waals surface area contributed by atoms with Crippen molar-refractivity contribution in [3.63, 3.8) is 0 Å². The normalized spacial score (nSPS) is 11.7. The number of hydrogen-bond donors (Lipinski definition) is 0. The van der Waals surface area contributed by atoms with Crippen LogP contribution in [-0.2, 0) is 6.54 Å². The lowest BCUT2D eigenvalue weighted by molar-refractivity contribution is -0.422. The third-order valence-electron chi connectivity index (χ3n) is 3.85. The Morgan fingerprint density at radius 3 is 2.50 bits per heavy atom. The number of hydrogen-bond acceptors (Lipinski definition) is 5. The largest absolute Gasteiger partial charge is 0.320 e. The van der Waals surface area contributed by atoms with Gasteiger partial charge in [-0.05, 0) is 23.8 Å². The predicted molar refractivity (Wildman–Crippen MR) is 97.6 cm³/mol. The van der Waals surface area contributed by atoms with Crippen molar-refractivity contribution >= 4 is 34.4 Å². The lowest BCUT2D eigenvalue weighted by Crippen LogP contribution is -2.03. The molecule has 0 amide bonds. The average Bonchev–Trinajstić information content (AvgIpc) is 2.93. The van der Waals surface area contributed by atoms with Crippen molar-refractivity contribution in [1.29, 1.82) is 0 Å². The third-order valence-corrected chi connectivity index (χ3v) is 4.10. The van der Waals surface area contributed by atoms with Gasteiger partial charge in [-0.15, -0.1) is 0 Å². The summed E-state index contributed by atoms with van der Waals surface area (Å²) in [4.78, 5) is 25.3. The van der Waals surface area contributed by atoms with Crippen LogP contribution in [0.15, 0.2) is 48.2 Å². The third kappa shape index (κ3) is 3.55. The Morgan fingerprint density at radius 1 is 1.19 bits per heavy atom. The Balaban J connectivity index is 2.15. The van der Waals surface area contributed by atoms with Crippen molar-refractivity contribution in [1.82, 2.24) is 9.55 Å². The second kappa shape index (κ2) is 6.93. The number of nitro groups is 2. The van der Waals surface area contributed by atoms with E-state index < -0.39 is 9.85 Å². The van der Waals surface area contributed by atoms with Gasteiger partial charge in [-0.1, -0.05) is 23.7 Å². The minimum absolute atomic E-state index is 0.0767. The molecule has 132 valence electrons. The van der Waals surface area contributed by atoms with Crippen LogP contribution in [0.25, 0.3) is 17.1 Å². The number of benzene rings is 2. The van der Waals surface area contributed by atoms with Crippen LogP contribution >= 0.6 is 11.6 Å². The zero-order valence-corrected chi connectivity index (χ0v) is 14.4. The zero-order valence-electron chi connectivity index (χ0n) is 13.6. The summed E-state index contributed by atoms with van der Waals surface area (Å²) in [6.07, 6.45) is 1.35. The molecule has 0 unspecified atom stereocenters. The Hall–Kier alpha value is -3.26. The van der Waals surface area contributed by atoms with Gasteiger partial charge < -0.3 is 4.57 Å². The Morgan fingerprint density at radius 2 is 1.88 bits per heavy atom. The van der Waals surface area contributed by atoms with Crippen LogP contribution in [0.1, 0.15) is 18.3 Å². The summed E-state index contributed by atoms with van der Waals surface area (Å²) >= 11 is 5.90. The molecule has 9 heteroatoms. The highest BCUT2D eigenvalue weighted by Gasteiger charge is 2.16. The van der Waals surface area contributed by atoms with Crippen molar-refractivity contribution in [3.05, 3.63) is 84.8 Å². The van der Waals surface area contributed by atoms with Crippen molar-refractivity contribution in [3.8, 4) is 0 Å². The van der Waals surface area contributed by atoms with Crippen LogP contribution in [0.4, 0.5) is 5.69 Å². The van der Waals surface area contributed by atoms with E-state index >= 15 is 0 Å². The summed E-state index contributed by atoms with van der Waals surface area (Å²) in [5, 5.41) is 22.6. The van der Waals surface area contributed by atoms with E-state index in [0.717, 1.165) is 5.56 Å². The minimum atomic E-state index is -0.506. The number of rotatable bonds is 5. The molecule has 26 heavy (non-hydrogen) atoms. The van der Waals surface area contributed by atoms with Gasteiger partial charge in [-0.25, -0.2) is 4.98 Å². The van der Waals surface area contributed by atoms with Gasteiger partial charge in [-0.3, -0.25) is 20.2 Å². The molecule has 0 spiro atoms. The molecule has 0 aliphatic rings. The first-order valence-corrected chi connectivity index (χ1v) is 7.95. The monoisotopic (exact) mass is 372 g/mol. The molecule has 1 aromatic heterocycles. The van der Waals surface area contributed by atoms with Crippen molar-refractivity contribution in [2.24, 2.45) is 0 Å². The molecule has 0 aliphatic heterocycles. The van der Waals surface area contributed by atoms with Gasteiger partial charge in [0.05, 0.1) is 27.0 Å². The number of aromatic nitrogens is 2. The molecule has 8 nitrogen and oxygen atoms in total. The number of nitro benzene ring substituents is 1. The molecule has 3 aromatic rings. The van der Waals surface area contributed by atoms with Gasteiger partial charge in [0.25, 0.3) is 5.69 Å². The molecule has 1 heterocycles. The zero-order chi connectivity index (χ0) is 18.8. The van der Waals surface area contributed by atoms with Crippen LogP contribution in [0.5, 0.6) is 0 Å². The van der Waals surface area contributed by atoms with Gasteiger partial charge >= 0.3 is 0 Å². The van der Waals surface area contributed by atoms with E-state index in [9.17, 15) is 20.2 Å². The standard InChI is InChI=1S/C17H13ClN4O4/c1-11(21(23)24)8-17-19-15-9-14(22(25)26)6-7-16(15)20(17)10-12-2-4-13(18)5-3-12/h2-9H,10H2,1H3. The summed E-state index contributed by atoms with van der Waals surface area (Å²) < 4.78 is 1.77. The van der Waals surface area contributed by atoms with E-state index in [0.29, 0.717) is 28.4 Å². The maximum atomic E-state index is 11.0. The highest BCUT2D eigenvalue weighted by atomic mass is 35.5. The molecule has 2 aromatic carbocycles. The Labute approximate surface area is 152 Å². The van der Waals surface area contributed by atoms with Gasteiger partial charge in [0.1, 0.15) is 5.82 Å². The predicted octanol–water partition coefficient (Wildman–Crippen LogP) is 4.28. The fourth-order valence-electron chi connectivity index (χ4n) is 2.54. The van der Waals surface area contributed by atoms with Gasteiger partial charge in [0.2, 0.25) is 5.70 Å². The number of imidazole rings is 1. The lowest BCUT2D eigenvalue weighted by Gasteiger charge is -2.07. The van der Waals surface area contributed by atoms with Crippen molar-refractivity contribution in [2.45, 2.75) is 13.5 Å². The first-order chi connectivity index (χ1) is 12.3. The number of nitrogens with zero attached hydrogens (tertiary/aromatic N) is 4. The van der Waals surface area contributed by atoms with Crippen LogP contribution in [0, 0.1) is 20.2 Å².